The van der Waals surface area contributed by atoms with Crippen LogP contribution in [0.25, 0.3) is 0 Å². The van der Waals surface area contributed by atoms with Crippen molar-refractivity contribution in [2.75, 3.05) is 39.9 Å². The topological polar surface area (TPSA) is 59.1 Å². The van der Waals surface area contributed by atoms with E-state index in [0.29, 0.717) is 42.1 Å². The normalized spacial score (nSPS) is 28.6. The highest BCUT2D eigenvalue weighted by Crippen LogP contribution is 2.36. The Morgan fingerprint density at radius 2 is 1.83 bits per heavy atom. The predicted molar refractivity (Wildman–Crippen MR) is 85.3 cm³/mol. The van der Waals surface area contributed by atoms with Crippen molar-refractivity contribution in [2.45, 2.75) is 23.8 Å². The fourth-order valence-corrected chi connectivity index (χ4v) is 5.63. The number of fused-ring (bicyclic) bond motifs is 5. The molecule has 4 heterocycles. The van der Waals surface area contributed by atoms with E-state index in [-0.39, 0.29) is 6.04 Å². The van der Waals surface area contributed by atoms with Crippen molar-refractivity contribution in [2.24, 2.45) is 5.92 Å². The highest BCUT2D eigenvalue weighted by molar-refractivity contribution is 7.89. The molecule has 0 amide bonds. The first-order chi connectivity index (χ1) is 11.0. The Kier molecular flexibility index (Phi) is 3.74. The van der Waals surface area contributed by atoms with Crippen LogP contribution >= 0.6 is 0 Å². The zero-order valence-electron chi connectivity index (χ0n) is 13.3. The summed E-state index contributed by atoms with van der Waals surface area (Å²) in [5, 5.41) is 0. The number of likely N-dealkylation sites (N-methyl/N-ethyl adjacent to an activating group) is 1. The first kappa shape index (κ1) is 15.2. The van der Waals surface area contributed by atoms with Gasteiger partial charge in [0.2, 0.25) is 10.0 Å². The van der Waals surface area contributed by atoms with E-state index in [1.165, 1.54) is 0 Å². The first-order valence-electron chi connectivity index (χ1n) is 8.14. The number of sulfonamides is 1. The molecule has 5 rings (SSSR count). The second kappa shape index (κ2) is 5.65. The molecule has 4 aliphatic rings. The van der Waals surface area contributed by atoms with Crippen molar-refractivity contribution in [3.05, 3.63) is 18.2 Å². The maximum atomic E-state index is 13.1. The molecule has 2 bridgehead atoms. The molecule has 7 heteroatoms. The zero-order valence-corrected chi connectivity index (χ0v) is 14.1. The van der Waals surface area contributed by atoms with E-state index in [2.05, 4.69) is 11.9 Å². The van der Waals surface area contributed by atoms with E-state index in [0.717, 1.165) is 25.9 Å². The Labute approximate surface area is 137 Å². The fourth-order valence-electron chi connectivity index (χ4n) is 3.89. The Hall–Kier alpha value is -1.31. The molecule has 0 radical (unpaired) electrons. The highest BCUT2D eigenvalue weighted by atomic mass is 32.2. The second-order valence-electron chi connectivity index (χ2n) is 6.70. The van der Waals surface area contributed by atoms with Gasteiger partial charge in [0.05, 0.1) is 4.90 Å². The molecular formula is C16H22N2O4S. The highest BCUT2D eigenvalue weighted by Gasteiger charge is 2.40. The lowest BCUT2D eigenvalue weighted by atomic mass is 9.97. The van der Waals surface area contributed by atoms with Gasteiger partial charge in [-0.15, -0.1) is 0 Å². The predicted octanol–water partition coefficient (Wildman–Crippen LogP) is 1.17. The molecule has 0 N–H and O–H groups in total. The van der Waals surface area contributed by atoms with E-state index in [1.807, 2.05) is 0 Å². The van der Waals surface area contributed by atoms with Crippen molar-refractivity contribution in [1.29, 1.82) is 0 Å². The van der Waals surface area contributed by atoms with Crippen LogP contribution in [-0.2, 0) is 10.0 Å². The molecule has 6 nitrogen and oxygen atoms in total. The van der Waals surface area contributed by atoms with Crippen LogP contribution < -0.4 is 9.47 Å². The summed E-state index contributed by atoms with van der Waals surface area (Å²) in [6.07, 6.45) is 2.06. The molecule has 126 valence electrons. The van der Waals surface area contributed by atoms with Crippen molar-refractivity contribution >= 4 is 10.0 Å². The summed E-state index contributed by atoms with van der Waals surface area (Å²) >= 11 is 0. The molecule has 0 saturated carbocycles. The lowest BCUT2D eigenvalue weighted by molar-refractivity contribution is 0.171. The van der Waals surface area contributed by atoms with Crippen LogP contribution in [0.4, 0.5) is 0 Å². The van der Waals surface area contributed by atoms with E-state index >= 15 is 0 Å². The first-order valence-corrected chi connectivity index (χ1v) is 9.58. The van der Waals surface area contributed by atoms with Crippen LogP contribution in [0.1, 0.15) is 12.8 Å². The molecule has 1 aromatic rings. The van der Waals surface area contributed by atoms with Crippen LogP contribution in [0.3, 0.4) is 0 Å². The van der Waals surface area contributed by atoms with Crippen molar-refractivity contribution in [1.82, 2.24) is 9.21 Å². The van der Waals surface area contributed by atoms with Crippen LogP contribution in [-0.4, -0.2) is 63.6 Å². The lowest BCUT2D eigenvalue weighted by Gasteiger charge is -2.35. The quantitative estimate of drug-likeness (QED) is 0.810. The molecule has 0 aromatic heterocycles. The Balaban J connectivity index is 1.67. The van der Waals surface area contributed by atoms with Gasteiger partial charge in [0.1, 0.15) is 13.2 Å². The van der Waals surface area contributed by atoms with Gasteiger partial charge < -0.3 is 14.4 Å². The average Bonchev–Trinajstić information content (AvgIpc) is 2.83. The van der Waals surface area contributed by atoms with Gasteiger partial charge in [-0.3, -0.25) is 0 Å². The zero-order chi connectivity index (χ0) is 16.0. The van der Waals surface area contributed by atoms with Gasteiger partial charge in [-0.25, -0.2) is 8.42 Å². The van der Waals surface area contributed by atoms with Crippen LogP contribution in [0, 0.1) is 5.92 Å². The molecule has 0 unspecified atom stereocenters. The third kappa shape index (κ3) is 2.70. The number of benzene rings is 1. The number of hydrogen-bond acceptors (Lipinski definition) is 5. The van der Waals surface area contributed by atoms with Crippen molar-refractivity contribution in [3.63, 3.8) is 0 Å². The van der Waals surface area contributed by atoms with Gasteiger partial charge >= 0.3 is 0 Å². The Morgan fingerprint density at radius 1 is 1.04 bits per heavy atom. The van der Waals surface area contributed by atoms with E-state index < -0.39 is 10.0 Å². The van der Waals surface area contributed by atoms with Crippen LogP contribution in [0.15, 0.2) is 23.1 Å². The summed E-state index contributed by atoms with van der Waals surface area (Å²) in [4.78, 5) is 2.55. The average molecular weight is 338 g/mol. The molecule has 3 fully saturated rings. The molecule has 1 aromatic carbocycles. The summed E-state index contributed by atoms with van der Waals surface area (Å²) in [5.41, 5.74) is 0. The summed E-state index contributed by atoms with van der Waals surface area (Å²) in [6, 6.07) is 5.00. The summed E-state index contributed by atoms with van der Waals surface area (Å²) in [7, 11) is -1.43. The minimum absolute atomic E-state index is 0.0666. The Bertz CT molecular complexity index is 706. The van der Waals surface area contributed by atoms with Gasteiger partial charge in [-0.1, -0.05) is 0 Å². The summed E-state index contributed by atoms with van der Waals surface area (Å²) < 4.78 is 39.0. The minimum atomic E-state index is -3.50. The van der Waals surface area contributed by atoms with Crippen LogP contribution in [0.5, 0.6) is 11.5 Å². The largest absolute Gasteiger partial charge is 0.486 e. The number of rotatable bonds is 2. The molecule has 23 heavy (non-hydrogen) atoms. The smallest absolute Gasteiger partial charge is 0.243 e. The number of hydrogen-bond donors (Lipinski definition) is 0. The van der Waals surface area contributed by atoms with Crippen molar-refractivity contribution in [3.8, 4) is 11.5 Å². The molecular weight excluding hydrogens is 316 g/mol. The third-order valence-electron chi connectivity index (χ3n) is 4.97. The second-order valence-corrected chi connectivity index (χ2v) is 8.59. The fraction of sp³-hybridized carbons (Fsp3) is 0.625. The monoisotopic (exact) mass is 338 g/mol. The molecule has 4 aliphatic heterocycles. The number of nitrogens with zero attached hydrogens (tertiary/aromatic N) is 2. The maximum Gasteiger partial charge on any atom is 0.243 e. The molecule has 0 aliphatic carbocycles. The van der Waals surface area contributed by atoms with Crippen molar-refractivity contribution < 1.29 is 17.9 Å². The Morgan fingerprint density at radius 3 is 2.65 bits per heavy atom. The lowest BCUT2D eigenvalue weighted by Crippen LogP contribution is -2.47. The van der Waals surface area contributed by atoms with Gasteiger partial charge in [-0.05, 0) is 37.9 Å². The van der Waals surface area contributed by atoms with Gasteiger partial charge in [0, 0.05) is 31.7 Å². The summed E-state index contributed by atoms with van der Waals surface area (Å²) in [5.74, 6) is 1.56. The summed E-state index contributed by atoms with van der Waals surface area (Å²) in [6.45, 7) is 3.35. The minimum Gasteiger partial charge on any atom is -0.486 e. The number of ether oxygens (including phenoxy) is 2. The SMILES string of the molecule is CN1C[C@H]2CC[C@@H](C1)N(S(=O)(=O)c1ccc3c(c1)OCCO3)C2. The van der Waals surface area contributed by atoms with E-state index in [4.69, 9.17) is 9.47 Å². The standard InChI is InChI=1S/C16H22N2O4S/c1-17-9-12-2-3-13(11-17)18(10-12)23(19,20)14-4-5-15-16(8-14)22-7-6-21-15/h4-5,8,12-13H,2-3,6-7,9-11H2,1H3/t12-,13+/m1/s1. The number of piperidine rings is 1. The van der Waals surface area contributed by atoms with Gasteiger partial charge in [-0.2, -0.15) is 4.31 Å². The van der Waals surface area contributed by atoms with Gasteiger partial charge in [0.25, 0.3) is 0 Å². The van der Waals surface area contributed by atoms with E-state index in [1.54, 1.807) is 22.5 Å². The molecule has 3 saturated heterocycles. The van der Waals surface area contributed by atoms with Gasteiger partial charge in [0.15, 0.2) is 11.5 Å². The van der Waals surface area contributed by atoms with E-state index in [9.17, 15) is 8.42 Å². The maximum absolute atomic E-state index is 13.1. The molecule has 0 spiro atoms. The van der Waals surface area contributed by atoms with Crippen LogP contribution in [0.2, 0.25) is 0 Å². The molecule has 2 atom stereocenters. The third-order valence-corrected chi connectivity index (χ3v) is 6.88.